The molecule has 3 N–H and O–H groups in total. The highest BCUT2D eigenvalue weighted by atomic mass is 32.2. The van der Waals surface area contributed by atoms with Crippen LogP contribution < -0.4 is 11.3 Å². The van der Waals surface area contributed by atoms with Crippen molar-refractivity contribution in [3.63, 3.8) is 0 Å². The zero-order valence-corrected chi connectivity index (χ0v) is 11.5. The van der Waals surface area contributed by atoms with Crippen molar-refractivity contribution >= 4 is 17.7 Å². The third-order valence-electron chi connectivity index (χ3n) is 3.10. The maximum atomic E-state index is 13.7. The molecule has 0 bridgehead atoms. The molecule has 0 aliphatic carbocycles. The minimum Gasteiger partial charge on any atom is -0.306 e. The van der Waals surface area contributed by atoms with Crippen LogP contribution in [0, 0.1) is 5.82 Å². The van der Waals surface area contributed by atoms with Crippen LogP contribution in [0.3, 0.4) is 0 Å². The van der Waals surface area contributed by atoms with Gasteiger partial charge in [-0.05, 0) is 24.6 Å². The van der Waals surface area contributed by atoms with E-state index in [0.29, 0.717) is 5.16 Å². The monoisotopic (exact) mass is 295 g/mol. The van der Waals surface area contributed by atoms with E-state index in [2.05, 4.69) is 25.6 Å². The second-order valence-electron chi connectivity index (χ2n) is 4.45. The molecule has 2 aromatic heterocycles. The first-order valence-electron chi connectivity index (χ1n) is 6.37. The average Bonchev–Trinajstić information content (AvgIpc) is 2.70. The molecule has 0 aromatic carbocycles. The van der Waals surface area contributed by atoms with Gasteiger partial charge in [0, 0.05) is 13.0 Å². The summed E-state index contributed by atoms with van der Waals surface area (Å²) >= 11 is 1.14. The van der Waals surface area contributed by atoms with Crippen LogP contribution in [0.15, 0.2) is 16.4 Å². The van der Waals surface area contributed by atoms with E-state index >= 15 is 0 Å². The number of halogens is 1. The first-order valence-corrected chi connectivity index (χ1v) is 7.18. The van der Waals surface area contributed by atoms with Gasteiger partial charge in [-0.2, -0.15) is 0 Å². The standard InChI is InChI=1S/C11H14FN7S/c12-7-6-14-10(16-13)15-9(7)20-11-18-17-8-4-2-1-3-5-19(8)11/h6H,1-5,13H2,(H,14,15,16). The van der Waals surface area contributed by atoms with E-state index in [4.69, 9.17) is 5.84 Å². The second-order valence-corrected chi connectivity index (χ2v) is 5.41. The Balaban J connectivity index is 1.90. The van der Waals surface area contributed by atoms with Crippen molar-refractivity contribution < 1.29 is 4.39 Å². The first kappa shape index (κ1) is 13.3. The minimum atomic E-state index is -0.500. The molecule has 0 unspecified atom stereocenters. The second kappa shape index (κ2) is 5.71. The van der Waals surface area contributed by atoms with Crippen molar-refractivity contribution in [1.82, 2.24) is 24.7 Å². The fourth-order valence-electron chi connectivity index (χ4n) is 2.11. The number of hydrogen-bond acceptors (Lipinski definition) is 7. The van der Waals surface area contributed by atoms with Gasteiger partial charge in [0.25, 0.3) is 0 Å². The van der Waals surface area contributed by atoms with Gasteiger partial charge in [-0.15, -0.1) is 10.2 Å². The van der Waals surface area contributed by atoms with Crippen LogP contribution in [0.1, 0.15) is 25.1 Å². The Labute approximate surface area is 119 Å². The van der Waals surface area contributed by atoms with Crippen LogP contribution in [0.25, 0.3) is 0 Å². The van der Waals surface area contributed by atoms with Crippen LogP contribution in [-0.2, 0) is 13.0 Å². The highest BCUT2D eigenvalue weighted by Crippen LogP contribution is 2.29. The molecule has 0 fully saturated rings. The molecular formula is C11H14FN7S. The molecule has 3 rings (SSSR count). The quantitative estimate of drug-likeness (QED) is 0.501. The van der Waals surface area contributed by atoms with E-state index in [1.807, 2.05) is 4.57 Å². The molecule has 0 saturated carbocycles. The number of fused-ring (bicyclic) bond motifs is 1. The lowest BCUT2D eigenvalue weighted by Gasteiger charge is -2.07. The summed E-state index contributed by atoms with van der Waals surface area (Å²) in [6.45, 7) is 0.860. The smallest absolute Gasteiger partial charge is 0.238 e. The lowest BCUT2D eigenvalue weighted by atomic mass is 10.2. The summed E-state index contributed by atoms with van der Waals surface area (Å²) < 4.78 is 15.8. The normalized spacial score (nSPS) is 14.7. The minimum absolute atomic E-state index is 0.171. The third-order valence-corrected chi connectivity index (χ3v) is 4.07. The molecule has 0 amide bonds. The van der Waals surface area contributed by atoms with Crippen molar-refractivity contribution in [2.75, 3.05) is 5.43 Å². The van der Waals surface area contributed by atoms with E-state index < -0.39 is 5.82 Å². The molecule has 7 nitrogen and oxygen atoms in total. The largest absolute Gasteiger partial charge is 0.306 e. The number of nitrogens with two attached hydrogens (primary N) is 1. The highest BCUT2D eigenvalue weighted by Gasteiger charge is 2.18. The zero-order chi connectivity index (χ0) is 13.9. The number of anilines is 1. The van der Waals surface area contributed by atoms with Crippen molar-refractivity contribution in [1.29, 1.82) is 0 Å². The number of aryl methyl sites for hydroxylation is 1. The molecule has 106 valence electrons. The fraction of sp³-hybridized carbons (Fsp3) is 0.455. The Kier molecular flexibility index (Phi) is 3.79. The van der Waals surface area contributed by atoms with Gasteiger partial charge in [-0.25, -0.2) is 20.2 Å². The zero-order valence-electron chi connectivity index (χ0n) is 10.7. The molecular weight excluding hydrogens is 281 g/mol. The van der Waals surface area contributed by atoms with Crippen LogP contribution in [-0.4, -0.2) is 24.7 Å². The number of aromatic nitrogens is 5. The van der Waals surface area contributed by atoms with Gasteiger partial charge in [-0.1, -0.05) is 6.42 Å². The van der Waals surface area contributed by atoms with Crippen molar-refractivity contribution in [2.45, 2.75) is 42.4 Å². The Morgan fingerprint density at radius 2 is 2.20 bits per heavy atom. The molecule has 0 saturated heterocycles. The van der Waals surface area contributed by atoms with Crippen LogP contribution in [0.5, 0.6) is 0 Å². The van der Waals surface area contributed by atoms with Gasteiger partial charge >= 0.3 is 0 Å². The molecule has 1 aliphatic rings. The number of nitrogens with one attached hydrogen (secondary N) is 1. The predicted molar refractivity (Wildman–Crippen MR) is 71.5 cm³/mol. The molecule has 9 heteroatoms. The molecule has 20 heavy (non-hydrogen) atoms. The average molecular weight is 295 g/mol. The maximum absolute atomic E-state index is 13.7. The fourth-order valence-corrected chi connectivity index (χ4v) is 2.96. The summed E-state index contributed by atoms with van der Waals surface area (Å²) in [5, 5.41) is 9.14. The van der Waals surface area contributed by atoms with Gasteiger partial charge in [0.15, 0.2) is 11.0 Å². The van der Waals surface area contributed by atoms with Crippen molar-refractivity contribution in [2.24, 2.45) is 5.84 Å². The molecule has 0 radical (unpaired) electrons. The van der Waals surface area contributed by atoms with Crippen molar-refractivity contribution in [3.05, 3.63) is 17.8 Å². The summed E-state index contributed by atoms with van der Waals surface area (Å²) in [7, 11) is 0. The van der Waals surface area contributed by atoms with Gasteiger partial charge in [0.05, 0.1) is 6.20 Å². The Morgan fingerprint density at radius 3 is 3.05 bits per heavy atom. The first-order chi connectivity index (χ1) is 9.78. The molecule has 0 atom stereocenters. The summed E-state index contributed by atoms with van der Waals surface area (Å²) in [6, 6.07) is 0. The molecule has 1 aliphatic heterocycles. The number of rotatable bonds is 3. The van der Waals surface area contributed by atoms with Gasteiger partial charge in [0.1, 0.15) is 10.9 Å². The summed E-state index contributed by atoms with van der Waals surface area (Å²) in [5.74, 6) is 5.86. The van der Waals surface area contributed by atoms with E-state index in [1.54, 1.807) is 0 Å². The van der Waals surface area contributed by atoms with Crippen molar-refractivity contribution in [3.8, 4) is 0 Å². The highest BCUT2D eigenvalue weighted by molar-refractivity contribution is 7.99. The summed E-state index contributed by atoms with van der Waals surface area (Å²) in [6.07, 6.45) is 5.38. The Hall–Kier alpha value is -1.74. The van der Waals surface area contributed by atoms with Crippen LogP contribution in [0.4, 0.5) is 10.3 Å². The topological polar surface area (TPSA) is 94.5 Å². The number of hydrogen-bond donors (Lipinski definition) is 2. The number of nitrogens with zero attached hydrogens (tertiary/aromatic N) is 5. The van der Waals surface area contributed by atoms with E-state index in [-0.39, 0.29) is 11.0 Å². The van der Waals surface area contributed by atoms with Gasteiger partial charge in [-0.3, -0.25) is 5.43 Å². The molecule has 0 spiro atoms. The maximum Gasteiger partial charge on any atom is 0.238 e. The predicted octanol–water partition coefficient (Wildman–Crippen LogP) is 1.37. The molecule has 3 heterocycles. The van der Waals surface area contributed by atoms with E-state index in [9.17, 15) is 4.39 Å². The van der Waals surface area contributed by atoms with E-state index in [0.717, 1.165) is 49.6 Å². The molecule has 2 aromatic rings. The summed E-state index contributed by atoms with van der Waals surface area (Å²) in [5.41, 5.74) is 2.30. The third kappa shape index (κ3) is 2.59. The lowest BCUT2D eigenvalue weighted by molar-refractivity contribution is 0.573. The van der Waals surface area contributed by atoms with Gasteiger partial charge in [0.2, 0.25) is 5.95 Å². The Bertz CT molecular complexity index is 615. The Morgan fingerprint density at radius 1 is 1.30 bits per heavy atom. The summed E-state index contributed by atoms with van der Waals surface area (Å²) in [4.78, 5) is 7.71. The number of nitrogen functional groups attached to an aromatic ring is 1. The van der Waals surface area contributed by atoms with E-state index in [1.165, 1.54) is 6.42 Å². The lowest BCUT2D eigenvalue weighted by Crippen LogP contribution is -2.11. The number of hydrazine groups is 1. The van der Waals surface area contributed by atoms with Gasteiger partial charge < -0.3 is 4.57 Å². The van der Waals surface area contributed by atoms with Crippen LogP contribution in [0.2, 0.25) is 0 Å². The SMILES string of the molecule is NNc1ncc(F)c(Sc2nnc3n2CCCCC3)n1. The van der Waals surface area contributed by atoms with Crippen LogP contribution >= 0.6 is 11.8 Å².